The molecule has 2 rings (SSSR count). The molecule has 0 saturated carbocycles. The molecule has 16 heavy (non-hydrogen) atoms. The molecule has 0 aromatic rings. The van der Waals surface area contributed by atoms with Gasteiger partial charge in [-0.05, 0) is 38.8 Å². The van der Waals surface area contributed by atoms with Crippen molar-refractivity contribution in [3.63, 3.8) is 0 Å². The molecule has 1 atom stereocenters. The highest BCUT2D eigenvalue weighted by Crippen LogP contribution is 2.22. The molecule has 0 aromatic heterocycles. The van der Waals surface area contributed by atoms with Crippen LogP contribution in [0.15, 0.2) is 0 Å². The van der Waals surface area contributed by atoms with Gasteiger partial charge in [-0.15, -0.1) is 0 Å². The summed E-state index contributed by atoms with van der Waals surface area (Å²) in [5.74, 6) is 0.305. The van der Waals surface area contributed by atoms with Crippen molar-refractivity contribution < 1.29 is 8.42 Å². The van der Waals surface area contributed by atoms with Gasteiger partial charge in [-0.25, -0.2) is 12.7 Å². The third-order valence-corrected chi connectivity index (χ3v) is 5.68. The Hall–Kier alpha value is -0.130. The van der Waals surface area contributed by atoms with E-state index in [0.29, 0.717) is 18.2 Å². The molecule has 1 unspecified atom stereocenters. The highest BCUT2D eigenvalue weighted by molar-refractivity contribution is 7.89. The first-order valence-corrected chi connectivity index (χ1v) is 7.96. The fourth-order valence-corrected chi connectivity index (χ4v) is 4.31. The van der Waals surface area contributed by atoms with E-state index in [1.54, 1.807) is 4.31 Å². The van der Waals surface area contributed by atoms with Gasteiger partial charge in [0.05, 0.1) is 5.75 Å². The second kappa shape index (κ2) is 5.02. The van der Waals surface area contributed by atoms with Crippen LogP contribution < -0.4 is 0 Å². The van der Waals surface area contributed by atoms with Crippen LogP contribution in [0.4, 0.5) is 0 Å². The predicted octanol–water partition coefficient (Wildman–Crippen LogP) is 0.896. The molecule has 0 radical (unpaired) electrons. The zero-order chi connectivity index (χ0) is 11.6. The third-order valence-electron chi connectivity index (χ3n) is 3.64. The lowest BCUT2D eigenvalue weighted by molar-refractivity contribution is 0.251. The molecule has 4 nitrogen and oxygen atoms in total. The van der Waals surface area contributed by atoms with E-state index in [4.69, 9.17) is 0 Å². The molecule has 5 heteroatoms. The zero-order valence-corrected chi connectivity index (χ0v) is 10.9. The first kappa shape index (κ1) is 12.3. The molecule has 2 fully saturated rings. The highest BCUT2D eigenvalue weighted by Gasteiger charge is 2.34. The van der Waals surface area contributed by atoms with E-state index < -0.39 is 10.0 Å². The van der Waals surface area contributed by atoms with E-state index in [9.17, 15) is 8.42 Å². The van der Waals surface area contributed by atoms with Crippen LogP contribution in [0, 0.1) is 0 Å². The van der Waals surface area contributed by atoms with Gasteiger partial charge < -0.3 is 0 Å². The number of rotatable bonds is 4. The monoisotopic (exact) mass is 246 g/mol. The van der Waals surface area contributed by atoms with Crippen molar-refractivity contribution in [3.8, 4) is 0 Å². The third kappa shape index (κ3) is 2.57. The lowest BCUT2D eigenvalue weighted by Gasteiger charge is -2.23. The zero-order valence-electron chi connectivity index (χ0n) is 10.1. The first-order chi connectivity index (χ1) is 7.63. The average Bonchev–Trinajstić information content (AvgIpc) is 2.89. The molecule has 0 aliphatic carbocycles. The number of sulfonamides is 1. The van der Waals surface area contributed by atoms with Crippen LogP contribution in [-0.2, 0) is 10.0 Å². The van der Waals surface area contributed by atoms with Crippen LogP contribution in [0.2, 0.25) is 0 Å². The second-order valence-corrected chi connectivity index (χ2v) is 6.95. The Bertz CT molecular complexity index is 323. The Morgan fingerprint density at radius 2 is 1.88 bits per heavy atom. The smallest absolute Gasteiger partial charge is 0.214 e. The molecule has 0 spiro atoms. The summed E-state index contributed by atoms with van der Waals surface area (Å²) in [5.41, 5.74) is 0. The minimum Gasteiger partial charge on any atom is -0.299 e. The fraction of sp³-hybridized carbons (Fsp3) is 1.00. The van der Waals surface area contributed by atoms with Crippen molar-refractivity contribution in [2.24, 2.45) is 0 Å². The summed E-state index contributed by atoms with van der Waals surface area (Å²) in [5, 5.41) is 0. The van der Waals surface area contributed by atoms with Crippen LogP contribution >= 0.6 is 0 Å². The maximum Gasteiger partial charge on any atom is 0.214 e. The summed E-state index contributed by atoms with van der Waals surface area (Å²) < 4.78 is 25.5. The van der Waals surface area contributed by atoms with Crippen LogP contribution in [0.1, 0.15) is 32.6 Å². The van der Waals surface area contributed by atoms with Gasteiger partial charge in [-0.2, -0.15) is 0 Å². The maximum atomic E-state index is 11.9. The minimum absolute atomic E-state index is 0.305. The molecule has 0 amide bonds. The lowest BCUT2D eigenvalue weighted by Crippen LogP contribution is -2.37. The van der Waals surface area contributed by atoms with Crippen LogP contribution in [-0.4, -0.2) is 55.6 Å². The molecular formula is C11H22N2O2S. The summed E-state index contributed by atoms with van der Waals surface area (Å²) in [6.07, 6.45) is 4.28. The molecule has 94 valence electrons. The summed E-state index contributed by atoms with van der Waals surface area (Å²) in [7, 11) is -2.97. The summed E-state index contributed by atoms with van der Waals surface area (Å²) >= 11 is 0. The number of hydrogen-bond acceptors (Lipinski definition) is 3. The van der Waals surface area contributed by atoms with Gasteiger partial charge in [0.1, 0.15) is 0 Å². The maximum absolute atomic E-state index is 11.9. The Labute approximate surface area is 98.7 Å². The van der Waals surface area contributed by atoms with Crippen molar-refractivity contribution in [2.75, 3.05) is 31.9 Å². The Morgan fingerprint density at radius 1 is 1.19 bits per heavy atom. The number of likely N-dealkylation sites (tertiary alicyclic amines) is 1. The van der Waals surface area contributed by atoms with Gasteiger partial charge in [-0.1, -0.05) is 6.92 Å². The fourth-order valence-electron chi connectivity index (χ4n) is 2.76. The lowest BCUT2D eigenvalue weighted by atomic mass is 10.2. The van der Waals surface area contributed by atoms with Gasteiger partial charge in [0.25, 0.3) is 0 Å². The normalized spacial score (nSPS) is 28.9. The van der Waals surface area contributed by atoms with E-state index in [0.717, 1.165) is 32.6 Å². The first-order valence-electron chi connectivity index (χ1n) is 6.35. The topological polar surface area (TPSA) is 40.6 Å². The molecule has 0 N–H and O–H groups in total. The Balaban J connectivity index is 1.92. The Kier molecular flexibility index (Phi) is 3.87. The number of hydrogen-bond donors (Lipinski definition) is 0. The highest BCUT2D eigenvalue weighted by atomic mass is 32.2. The minimum atomic E-state index is -2.97. The summed E-state index contributed by atoms with van der Waals surface area (Å²) in [4.78, 5) is 2.46. The van der Waals surface area contributed by atoms with E-state index >= 15 is 0 Å². The van der Waals surface area contributed by atoms with Crippen LogP contribution in [0.3, 0.4) is 0 Å². The van der Waals surface area contributed by atoms with E-state index in [2.05, 4.69) is 4.90 Å². The molecule has 0 aromatic carbocycles. The SMILES string of the molecule is CCCS(=O)(=O)N1CCC(N2CCCC2)C1. The quantitative estimate of drug-likeness (QED) is 0.740. The Morgan fingerprint density at radius 3 is 2.50 bits per heavy atom. The summed E-state index contributed by atoms with van der Waals surface area (Å²) in [6.45, 7) is 5.69. The molecular weight excluding hydrogens is 224 g/mol. The van der Waals surface area contributed by atoms with Crippen LogP contribution in [0.5, 0.6) is 0 Å². The second-order valence-electron chi connectivity index (χ2n) is 4.86. The van der Waals surface area contributed by atoms with E-state index in [1.165, 1.54) is 12.8 Å². The molecule has 2 aliphatic heterocycles. The van der Waals surface area contributed by atoms with Crippen molar-refractivity contribution in [2.45, 2.75) is 38.6 Å². The standard InChI is InChI=1S/C11H22N2O2S/c1-2-9-16(14,15)13-8-5-11(10-13)12-6-3-4-7-12/h11H,2-10H2,1H3. The van der Waals surface area contributed by atoms with Crippen molar-refractivity contribution in [3.05, 3.63) is 0 Å². The van der Waals surface area contributed by atoms with Crippen molar-refractivity contribution in [1.29, 1.82) is 0 Å². The summed E-state index contributed by atoms with van der Waals surface area (Å²) in [6, 6.07) is 0.481. The van der Waals surface area contributed by atoms with E-state index in [-0.39, 0.29) is 0 Å². The van der Waals surface area contributed by atoms with Crippen molar-refractivity contribution >= 4 is 10.0 Å². The van der Waals surface area contributed by atoms with Gasteiger partial charge >= 0.3 is 0 Å². The van der Waals surface area contributed by atoms with E-state index in [1.807, 2.05) is 6.92 Å². The van der Waals surface area contributed by atoms with Gasteiger partial charge in [0.2, 0.25) is 10.0 Å². The number of nitrogens with zero attached hydrogens (tertiary/aromatic N) is 2. The average molecular weight is 246 g/mol. The molecule has 2 saturated heterocycles. The molecule has 0 bridgehead atoms. The van der Waals surface area contributed by atoms with Gasteiger partial charge in [0.15, 0.2) is 0 Å². The van der Waals surface area contributed by atoms with Crippen LogP contribution in [0.25, 0.3) is 0 Å². The molecule has 2 heterocycles. The van der Waals surface area contributed by atoms with Crippen molar-refractivity contribution in [1.82, 2.24) is 9.21 Å². The molecule has 2 aliphatic rings. The van der Waals surface area contributed by atoms with Gasteiger partial charge in [0, 0.05) is 19.1 Å². The predicted molar refractivity (Wildman–Crippen MR) is 64.9 cm³/mol. The van der Waals surface area contributed by atoms with Gasteiger partial charge in [-0.3, -0.25) is 4.90 Å². The largest absolute Gasteiger partial charge is 0.299 e.